The Bertz CT molecular complexity index is 520. The summed E-state index contributed by atoms with van der Waals surface area (Å²) >= 11 is 0. The van der Waals surface area contributed by atoms with E-state index in [1.165, 1.54) is 17.5 Å². The predicted molar refractivity (Wildman–Crippen MR) is 82.5 cm³/mol. The Morgan fingerprint density at radius 1 is 1.19 bits per heavy atom. The highest BCUT2D eigenvalue weighted by molar-refractivity contribution is 5.94. The minimum Gasteiger partial charge on any atom is -0.392 e. The molecule has 0 spiro atoms. The van der Waals surface area contributed by atoms with E-state index in [1.807, 2.05) is 17.9 Å². The summed E-state index contributed by atoms with van der Waals surface area (Å²) in [7, 11) is 0. The fourth-order valence-corrected chi connectivity index (χ4v) is 3.39. The van der Waals surface area contributed by atoms with E-state index in [4.69, 9.17) is 0 Å². The zero-order valence-corrected chi connectivity index (χ0v) is 12.7. The van der Waals surface area contributed by atoms with E-state index in [0.29, 0.717) is 6.54 Å². The van der Waals surface area contributed by atoms with Gasteiger partial charge < -0.3 is 10.0 Å². The maximum atomic E-state index is 12.6. The summed E-state index contributed by atoms with van der Waals surface area (Å²) in [6, 6.07) is 6.20. The lowest BCUT2D eigenvalue weighted by atomic mass is 10.1. The van der Waals surface area contributed by atoms with E-state index in [1.54, 1.807) is 0 Å². The van der Waals surface area contributed by atoms with Gasteiger partial charge in [-0.2, -0.15) is 0 Å². The van der Waals surface area contributed by atoms with Crippen LogP contribution in [0.1, 0.15) is 34.8 Å². The van der Waals surface area contributed by atoms with Crippen molar-refractivity contribution in [1.29, 1.82) is 0 Å². The Hall–Kier alpha value is -1.39. The lowest BCUT2D eigenvalue weighted by molar-refractivity contribution is 0.0554. The van der Waals surface area contributed by atoms with Crippen molar-refractivity contribution in [3.05, 3.63) is 34.9 Å². The molecule has 1 heterocycles. The molecule has 1 aromatic rings. The van der Waals surface area contributed by atoms with Gasteiger partial charge in [-0.25, -0.2) is 0 Å². The van der Waals surface area contributed by atoms with Gasteiger partial charge in [-0.3, -0.25) is 9.69 Å². The zero-order valence-electron chi connectivity index (χ0n) is 12.7. The van der Waals surface area contributed by atoms with Crippen LogP contribution in [-0.2, 0) is 12.8 Å². The van der Waals surface area contributed by atoms with Crippen molar-refractivity contribution in [2.45, 2.75) is 32.3 Å². The van der Waals surface area contributed by atoms with Gasteiger partial charge in [-0.1, -0.05) is 6.07 Å². The molecule has 1 aromatic carbocycles. The number of carbonyl (C=O) groups is 1. The van der Waals surface area contributed by atoms with Crippen LogP contribution in [0.2, 0.25) is 0 Å². The first kappa shape index (κ1) is 14.5. The van der Waals surface area contributed by atoms with Gasteiger partial charge in [0.2, 0.25) is 0 Å². The molecule has 21 heavy (non-hydrogen) atoms. The summed E-state index contributed by atoms with van der Waals surface area (Å²) in [5.41, 5.74) is 3.60. The molecule has 1 unspecified atom stereocenters. The van der Waals surface area contributed by atoms with Crippen molar-refractivity contribution in [3.8, 4) is 0 Å². The Kier molecular flexibility index (Phi) is 4.27. The Labute approximate surface area is 126 Å². The minimum atomic E-state index is -0.302. The molecule has 114 valence electrons. The van der Waals surface area contributed by atoms with Crippen LogP contribution in [0.3, 0.4) is 0 Å². The third-order valence-electron chi connectivity index (χ3n) is 4.53. The molecule has 1 amide bonds. The molecule has 2 aliphatic rings. The molecule has 4 nitrogen and oxygen atoms in total. The van der Waals surface area contributed by atoms with Crippen molar-refractivity contribution < 1.29 is 9.90 Å². The maximum Gasteiger partial charge on any atom is 0.253 e. The van der Waals surface area contributed by atoms with Crippen LogP contribution in [0, 0.1) is 0 Å². The summed E-state index contributed by atoms with van der Waals surface area (Å²) in [5, 5.41) is 9.43. The predicted octanol–water partition coefficient (Wildman–Crippen LogP) is 1.31. The van der Waals surface area contributed by atoms with Gasteiger partial charge in [-0.15, -0.1) is 0 Å². The quantitative estimate of drug-likeness (QED) is 0.912. The van der Waals surface area contributed by atoms with Crippen molar-refractivity contribution in [3.63, 3.8) is 0 Å². The summed E-state index contributed by atoms with van der Waals surface area (Å²) in [6.07, 6.45) is 3.18. The van der Waals surface area contributed by atoms with Gasteiger partial charge in [0.05, 0.1) is 6.10 Å². The number of piperazine rings is 1. The number of hydrogen-bond donors (Lipinski definition) is 1. The molecule has 0 bridgehead atoms. The first-order valence-corrected chi connectivity index (χ1v) is 7.95. The number of aliphatic hydroxyl groups is 1. The number of fused-ring (bicyclic) bond motifs is 1. The molecule has 0 aromatic heterocycles. The van der Waals surface area contributed by atoms with Gasteiger partial charge >= 0.3 is 0 Å². The second-order valence-corrected chi connectivity index (χ2v) is 6.28. The summed E-state index contributed by atoms with van der Waals surface area (Å²) < 4.78 is 0. The number of benzene rings is 1. The average molecular weight is 288 g/mol. The molecule has 1 fully saturated rings. The fraction of sp³-hybridized carbons (Fsp3) is 0.588. The van der Waals surface area contributed by atoms with Gasteiger partial charge in [0.15, 0.2) is 0 Å². The summed E-state index contributed by atoms with van der Waals surface area (Å²) in [4.78, 5) is 16.7. The second kappa shape index (κ2) is 6.16. The van der Waals surface area contributed by atoms with Crippen LogP contribution < -0.4 is 0 Å². The molecular weight excluding hydrogens is 264 g/mol. The van der Waals surface area contributed by atoms with Crippen LogP contribution >= 0.6 is 0 Å². The van der Waals surface area contributed by atoms with Crippen LogP contribution in [0.4, 0.5) is 0 Å². The van der Waals surface area contributed by atoms with Crippen LogP contribution in [0.5, 0.6) is 0 Å². The largest absolute Gasteiger partial charge is 0.392 e. The third kappa shape index (κ3) is 3.27. The highest BCUT2D eigenvalue weighted by Gasteiger charge is 2.23. The number of hydrogen-bond acceptors (Lipinski definition) is 3. The Morgan fingerprint density at radius 2 is 1.90 bits per heavy atom. The number of carbonyl (C=O) groups excluding carboxylic acids is 1. The lowest BCUT2D eigenvalue weighted by Gasteiger charge is -2.35. The fourth-order valence-electron chi connectivity index (χ4n) is 3.39. The highest BCUT2D eigenvalue weighted by atomic mass is 16.3. The topological polar surface area (TPSA) is 43.8 Å². The standard InChI is InChI=1S/C17H24N2O2/c1-13(20)12-18-7-9-19(10-8-18)17(21)16-6-5-14-3-2-4-15(14)11-16/h5-6,11,13,20H,2-4,7-10,12H2,1H3. The number of aliphatic hydroxyl groups excluding tert-OH is 1. The van der Waals surface area contributed by atoms with Gasteiger partial charge in [0, 0.05) is 38.3 Å². The summed E-state index contributed by atoms with van der Waals surface area (Å²) in [6.45, 7) is 5.71. The molecule has 1 N–H and O–H groups in total. The molecule has 0 saturated carbocycles. The van der Waals surface area contributed by atoms with Gasteiger partial charge in [0.1, 0.15) is 0 Å². The molecule has 1 saturated heterocycles. The first-order chi connectivity index (χ1) is 10.1. The van der Waals surface area contributed by atoms with Crippen molar-refractivity contribution >= 4 is 5.91 Å². The van der Waals surface area contributed by atoms with Crippen molar-refractivity contribution in [2.75, 3.05) is 32.7 Å². The Balaban J connectivity index is 1.61. The van der Waals surface area contributed by atoms with Crippen molar-refractivity contribution in [2.24, 2.45) is 0 Å². The van der Waals surface area contributed by atoms with Crippen LogP contribution in [0.15, 0.2) is 18.2 Å². The highest BCUT2D eigenvalue weighted by Crippen LogP contribution is 2.23. The van der Waals surface area contributed by atoms with E-state index >= 15 is 0 Å². The van der Waals surface area contributed by atoms with Crippen LogP contribution in [-0.4, -0.2) is 59.6 Å². The van der Waals surface area contributed by atoms with E-state index in [9.17, 15) is 9.90 Å². The number of amides is 1. The second-order valence-electron chi connectivity index (χ2n) is 6.28. The van der Waals surface area contributed by atoms with E-state index in [-0.39, 0.29) is 12.0 Å². The molecule has 0 radical (unpaired) electrons. The van der Waals surface area contributed by atoms with Gasteiger partial charge in [0.25, 0.3) is 5.91 Å². The first-order valence-electron chi connectivity index (χ1n) is 7.95. The minimum absolute atomic E-state index is 0.154. The number of nitrogens with zero attached hydrogens (tertiary/aromatic N) is 2. The monoisotopic (exact) mass is 288 g/mol. The third-order valence-corrected chi connectivity index (χ3v) is 4.53. The lowest BCUT2D eigenvalue weighted by Crippen LogP contribution is -2.50. The van der Waals surface area contributed by atoms with E-state index in [0.717, 1.165) is 44.6 Å². The zero-order chi connectivity index (χ0) is 14.8. The van der Waals surface area contributed by atoms with Crippen molar-refractivity contribution in [1.82, 2.24) is 9.80 Å². The smallest absolute Gasteiger partial charge is 0.253 e. The van der Waals surface area contributed by atoms with E-state index in [2.05, 4.69) is 17.0 Å². The molecule has 1 aliphatic carbocycles. The number of rotatable bonds is 3. The van der Waals surface area contributed by atoms with Gasteiger partial charge in [-0.05, 0) is 49.4 Å². The number of β-amino-alcohol motifs (C(OH)–C–C–N with tert-alkyl or cyclic N) is 1. The molecule has 1 aliphatic heterocycles. The Morgan fingerprint density at radius 3 is 2.62 bits per heavy atom. The van der Waals surface area contributed by atoms with Crippen LogP contribution in [0.25, 0.3) is 0 Å². The molecule has 3 rings (SSSR count). The average Bonchev–Trinajstić information content (AvgIpc) is 2.94. The SMILES string of the molecule is CC(O)CN1CCN(C(=O)c2ccc3c(c2)CCC3)CC1. The molecule has 1 atom stereocenters. The summed E-state index contributed by atoms with van der Waals surface area (Å²) in [5.74, 6) is 0.154. The molecular formula is C17H24N2O2. The van der Waals surface area contributed by atoms with E-state index < -0.39 is 0 Å². The molecule has 4 heteroatoms. The normalized spacial score (nSPS) is 20.4. The maximum absolute atomic E-state index is 12.6. The number of aryl methyl sites for hydroxylation is 2.